The maximum absolute atomic E-state index is 12.0. The van der Waals surface area contributed by atoms with Crippen LogP contribution in [0.5, 0.6) is 0 Å². The van der Waals surface area contributed by atoms with Crippen molar-refractivity contribution in [3.05, 3.63) is 62.1 Å². The molecule has 0 saturated heterocycles. The summed E-state index contributed by atoms with van der Waals surface area (Å²) in [5.41, 5.74) is 0.443. The number of carbonyl (C=O) groups excluding carboxylic acids is 3. The largest absolute Gasteiger partial charge is 0.454 e. The second-order valence-corrected chi connectivity index (χ2v) is 6.75. The van der Waals surface area contributed by atoms with E-state index in [4.69, 9.17) is 51.1 Å². The van der Waals surface area contributed by atoms with E-state index in [1.165, 1.54) is 18.2 Å². The molecule has 0 aliphatic rings. The molecule has 6 nitrogen and oxygen atoms in total. The lowest BCUT2D eigenvalue weighted by Gasteiger charge is -2.09. The van der Waals surface area contributed by atoms with Crippen molar-refractivity contribution in [3.8, 4) is 0 Å². The molecule has 0 unspecified atom stereocenters. The predicted molar refractivity (Wildman–Crippen MR) is 105 cm³/mol. The van der Waals surface area contributed by atoms with E-state index in [2.05, 4.69) is 10.6 Å². The van der Waals surface area contributed by atoms with Gasteiger partial charge in [0.25, 0.3) is 11.8 Å². The van der Waals surface area contributed by atoms with Gasteiger partial charge in [0.2, 0.25) is 0 Å². The summed E-state index contributed by atoms with van der Waals surface area (Å²) in [4.78, 5) is 35.5. The summed E-state index contributed by atoms with van der Waals surface area (Å²) in [6.07, 6.45) is 0. The summed E-state index contributed by atoms with van der Waals surface area (Å²) in [5, 5.41) is 5.76. The minimum atomic E-state index is -0.805. The van der Waals surface area contributed by atoms with Gasteiger partial charge in [0.05, 0.1) is 26.3 Å². The van der Waals surface area contributed by atoms with Crippen molar-refractivity contribution in [2.24, 2.45) is 0 Å². The van der Waals surface area contributed by atoms with Crippen LogP contribution in [0.1, 0.15) is 10.4 Å². The molecule has 10 heteroatoms. The van der Waals surface area contributed by atoms with E-state index in [0.29, 0.717) is 5.02 Å². The molecule has 0 aliphatic carbocycles. The van der Waals surface area contributed by atoms with Gasteiger partial charge >= 0.3 is 5.97 Å². The molecule has 0 bridgehead atoms. The van der Waals surface area contributed by atoms with Gasteiger partial charge in [-0.2, -0.15) is 0 Å². The lowest BCUT2D eigenvalue weighted by Crippen LogP contribution is -2.32. The number of nitrogens with one attached hydrogen (secondary N) is 2. The summed E-state index contributed by atoms with van der Waals surface area (Å²) in [6.45, 7) is -0.998. The molecule has 2 N–H and O–H groups in total. The summed E-state index contributed by atoms with van der Waals surface area (Å²) in [6, 6.07) is 9.04. The van der Waals surface area contributed by atoms with E-state index in [9.17, 15) is 14.4 Å². The van der Waals surface area contributed by atoms with E-state index in [-0.39, 0.29) is 26.3 Å². The zero-order valence-electron chi connectivity index (χ0n) is 13.5. The van der Waals surface area contributed by atoms with E-state index >= 15 is 0 Å². The van der Waals surface area contributed by atoms with Crippen molar-refractivity contribution >= 4 is 69.9 Å². The smallest absolute Gasteiger partial charge is 0.325 e. The van der Waals surface area contributed by atoms with E-state index < -0.39 is 30.9 Å². The highest BCUT2D eigenvalue weighted by molar-refractivity contribution is 6.44. The normalized spacial score (nSPS) is 10.2. The van der Waals surface area contributed by atoms with Crippen molar-refractivity contribution in [3.63, 3.8) is 0 Å². The fourth-order valence-electron chi connectivity index (χ4n) is 1.90. The van der Waals surface area contributed by atoms with Crippen LogP contribution in [-0.4, -0.2) is 30.9 Å². The fourth-order valence-corrected chi connectivity index (χ4v) is 2.75. The summed E-state index contributed by atoms with van der Waals surface area (Å²) in [7, 11) is 0. The zero-order chi connectivity index (χ0) is 20.0. The number of esters is 1. The van der Waals surface area contributed by atoms with Gasteiger partial charge in [-0.05, 0) is 30.3 Å². The number of benzene rings is 2. The topological polar surface area (TPSA) is 84.5 Å². The molecule has 0 atom stereocenters. The van der Waals surface area contributed by atoms with Gasteiger partial charge in [-0.15, -0.1) is 0 Å². The Bertz CT molecular complexity index is 889. The Balaban J connectivity index is 1.79. The van der Waals surface area contributed by atoms with Crippen LogP contribution in [-0.2, 0) is 14.3 Å². The summed E-state index contributed by atoms with van der Waals surface area (Å²) >= 11 is 23.4. The molecular formula is C17H12Cl4N2O4. The Kier molecular flexibility index (Phi) is 7.74. The van der Waals surface area contributed by atoms with Gasteiger partial charge in [-0.3, -0.25) is 14.4 Å². The third kappa shape index (κ3) is 6.29. The second-order valence-electron chi connectivity index (χ2n) is 5.12. The number of anilines is 1. The third-order valence-corrected chi connectivity index (χ3v) is 4.53. The van der Waals surface area contributed by atoms with Gasteiger partial charge in [0.1, 0.15) is 6.54 Å². The monoisotopic (exact) mass is 448 g/mol. The van der Waals surface area contributed by atoms with Crippen LogP contribution in [0.25, 0.3) is 0 Å². The maximum Gasteiger partial charge on any atom is 0.325 e. The first kappa shape index (κ1) is 21.3. The minimum absolute atomic E-state index is 0.145. The molecule has 0 radical (unpaired) electrons. The van der Waals surface area contributed by atoms with Crippen molar-refractivity contribution in [2.45, 2.75) is 0 Å². The van der Waals surface area contributed by atoms with Crippen LogP contribution in [0.3, 0.4) is 0 Å². The Morgan fingerprint density at radius 3 is 2.41 bits per heavy atom. The van der Waals surface area contributed by atoms with E-state index in [1.54, 1.807) is 18.2 Å². The molecule has 0 heterocycles. The SMILES string of the molecule is O=C(COC(=O)CNC(=O)c1ccc(Cl)cc1Cl)Nc1cccc(Cl)c1Cl. The van der Waals surface area contributed by atoms with Crippen LogP contribution >= 0.6 is 46.4 Å². The number of halogens is 4. The lowest BCUT2D eigenvalue weighted by atomic mass is 10.2. The molecule has 2 aromatic carbocycles. The molecule has 2 rings (SSSR count). The number of rotatable bonds is 6. The minimum Gasteiger partial charge on any atom is -0.454 e. The van der Waals surface area contributed by atoms with Crippen LogP contribution in [0.15, 0.2) is 36.4 Å². The number of carbonyl (C=O) groups is 3. The Morgan fingerprint density at radius 1 is 0.963 bits per heavy atom. The highest BCUT2D eigenvalue weighted by Gasteiger charge is 2.14. The molecular weight excluding hydrogens is 438 g/mol. The van der Waals surface area contributed by atoms with Gasteiger partial charge in [0.15, 0.2) is 6.61 Å². The third-order valence-electron chi connectivity index (χ3n) is 3.16. The molecule has 2 aromatic rings. The van der Waals surface area contributed by atoms with Gasteiger partial charge < -0.3 is 15.4 Å². The van der Waals surface area contributed by atoms with Crippen LogP contribution < -0.4 is 10.6 Å². The lowest BCUT2D eigenvalue weighted by molar-refractivity contribution is -0.146. The summed E-state index contributed by atoms with van der Waals surface area (Å²) in [5.74, 6) is -2.00. The van der Waals surface area contributed by atoms with Crippen molar-refractivity contribution < 1.29 is 19.1 Å². The maximum atomic E-state index is 12.0. The molecule has 142 valence electrons. The molecule has 0 spiro atoms. The number of hydrogen-bond donors (Lipinski definition) is 2. The Hall–Kier alpha value is -1.99. The Morgan fingerprint density at radius 2 is 1.70 bits per heavy atom. The van der Waals surface area contributed by atoms with Gasteiger partial charge in [0, 0.05) is 5.02 Å². The first-order valence-corrected chi connectivity index (χ1v) is 8.92. The Labute approximate surface area is 174 Å². The molecule has 0 saturated carbocycles. The van der Waals surface area contributed by atoms with Gasteiger partial charge in [-0.25, -0.2) is 0 Å². The molecule has 27 heavy (non-hydrogen) atoms. The number of amides is 2. The van der Waals surface area contributed by atoms with Crippen molar-refractivity contribution in [2.75, 3.05) is 18.5 Å². The van der Waals surface area contributed by atoms with E-state index in [0.717, 1.165) is 0 Å². The zero-order valence-corrected chi connectivity index (χ0v) is 16.5. The van der Waals surface area contributed by atoms with E-state index in [1.807, 2.05) is 0 Å². The van der Waals surface area contributed by atoms with Crippen LogP contribution in [0, 0.1) is 0 Å². The van der Waals surface area contributed by atoms with Crippen LogP contribution in [0.2, 0.25) is 20.1 Å². The highest BCUT2D eigenvalue weighted by atomic mass is 35.5. The molecule has 0 fully saturated rings. The second kappa shape index (κ2) is 9.80. The molecule has 0 aromatic heterocycles. The standard InChI is InChI=1S/C17H12Cl4N2O4/c18-9-4-5-10(12(20)6-9)17(26)22-7-15(25)27-8-14(24)23-13-3-1-2-11(19)16(13)21/h1-6H,7-8H2,(H,22,26)(H,23,24). The van der Waals surface area contributed by atoms with Crippen molar-refractivity contribution in [1.82, 2.24) is 5.32 Å². The average molecular weight is 450 g/mol. The van der Waals surface area contributed by atoms with Crippen LogP contribution in [0.4, 0.5) is 5.69 Å². The summed E-state index contributed by atoms with van der Waals surface area (Å²) < 4.78 is 4.79. The number of ether oxygens (including phenoxy) is 1. The van der Waals surface area contributed by atoms with Crippen molar-refractivity contribution in [1.29, 1.82) is 0 Å². The van der Waals surface area contributed by atoms with Gasteiger partial charge in [-0.1, -0.05) is 52.5 Å². The quantitative estimate of drug-likeness (QED) is 0.647. The highest BCUT2D eigenvalue weighted by Crippen LogP contribution is 2.29. The average Bonchev–Trinajstić information content (AvgIpc) is 2.62. The first-order valence-electron chi connectivity index (χ1n) is 7.40. The fraction of sp³-hybridized carbons (Fsp3) is 0.118. The molecule has 0 aliphatic heterocycles. The molecule has 2 amide bonds. The number of hydrogen-bond acceptors (Lipinski definition) is 4. The first-order chi connectivity index (χ1) is 12.8. The predicted octanol–water partition coefficient (Wildman–Crippen LogP) is 4.21.